The van der Waals surface area contributed by atoms with Crippen molar-refractivity contribution in [3.63, 3.8) is 0 Å². The largest absolute Gasteiger partial charge is 0.496 e. The Bertz CT molecular complexity index is 662. The van der Waals surface area contributed by atoms with E-state index < -0.39 is 0 Å². The van der Waals surface area contributed by atoms with Crippen molar-refractivity contribution < 1.29 is 14.3 Å². The Balaban J connectivity index is 1.60. The summed E-state index contributed by atoms with van der Waals surface area (Å²) in [5.41, 5.74) is 7.20. The van der Waals surface area contributed by atoms with Gasteiger partial charge in [0.1, 0.15) is 5.75 Å². The Morgan fingerprint density at radius 3 is 2.80 bits per heavy atom. The van der Waals surface area contributed by atoms with E-state index in [2.05, 4.69) is 11.0 Å². The van der Waals surface area contributed by atoms with Gasteiger partial charge in [0.25, 0.3) is 0 Å². The Hall–Kier alpha value is -2.10. The number of nitrogens with zero attached hydrogens (tertiary/aromatic N) is 2. The molecule has 0 spiro atoms. The van der Waals surface area contributed by atoms with Gasteiger partial charge in [-0.1, -0.05) is 0 Å². The summed E-state index contributed by atoms with van der Waals surface area (Å²) in [4.78, 5) is 13.9. The van der Waals surface area contributed by atoms with E-state index in [9.17, 15) is 4.79 Å². The predicted octanol–water partition coefficient (Wildman–Crippen LogP) is 1.67. The van der Waals surface area contributed by atoms with Crippen molar-refractivity contribution in [1.29, 1.82) is 5.26 Å². The molecule has 2 N–H and O–H groups in total. The minimum Gasteiger partial charge on any atom is -0.496 e. The van der Waals surface area contributed by atoms with Gasteiger partial charge in [0.2, 0.25) is 5.91 Å². The molecule has 25 heavy (non-hydrogen) atoms. The standard InChI is InChI=1S/C19H25N3O3/c1-24-17-3-2-13(11-20)10-15(17)12-22-7-4-14(5-8-22)18-16(19(21)23)6-9-25-18/h2-3,10,14,16,18H,4-9,12H2,1H3,(H2,21,23)/t16-,18+/m0/s1. The third kappa shape index (κ3) is 3.94. The van der Waals surface area contributed by atoms with E-state index in [0.29, 0.717) is 18.1 Å². The highest BCUT2D eigenvalue weighted by Gasteiger charge is 2.39. The zero-order chi connectivity index (χ0) is 17.8. The van der Waals surface area contributed by atoms with Gasteiger partial charge < -0.3 is 15.2 Å². The Morgan fingerprint density at radius 1 is 1.40 bits per heavy atom. The highest BCUT2D eigenvalue weighted by molar-refractivity contribution is 5.77. The lowest BCUT2D eigenvalue weighted by Gasteiger charge is -2.35. The molecule has 2 heterocycles. The number of ether oxygens (including phenoxy) is 2. The second-order valence-corrected chi connectivity index (χ2v) is 6.88. The normalized spacial score (nSPS) is 24.8. The van der Waals surface area contributed by atoms with E-state index in [4.69, 9.17) is 20.5 Å². The van der Waals surface area contributed by atoms with Crippen LogP contribution in [0.15, 0.2) is 18.2 Å². The summed E-state index contributed by atoms with van der Waals surface area (Å²) in [6.45, 7) is 3.28. The van der Waals surface area contributed by atoms with Crippen LogP contribution in [0.25, 0.3) is 0 Å². The number of piperidine rings is 1. The quantitative estimate of drug-likeness (QED) is 0.878. The monoisotopic (exact) mass is 343 g/mol. The molecule has 2 aliphatic heterocycles. The van der Waals surface area contributed by atoms with Gasteiger partial charge in [-0.2, -0.15) is 5.26 Å². The van der Waals surface area contributed by atoms with Gasteiger partial charge in [-0.15, -0.1) is 0 Å². The van der Waals surface area contributed by atoms with E-state index in [1.807, 2.05) is 12.1 Å². The molecule has 2 aliphatic rings. The fourth-order valence-corrected chi connectivity index (χ4v) is 4.03. The van der Waals surface area contributed by atoms with Gasteiger partial charge in [0, 0.05) is 18.7 Å². The van der Waals surface area contributed by atoms with Crippen LogP contribution in [0.5, 0.6) is 5.75 Å². The molecule has 6 nitrogen and oxygen atoms in total. The number of rotatable bonds is 5. The average molecular weight is 343 g/mol. The molecule has 134 valence electrons. The first-order valence-electron chi connectivity index (χ1n) is 8.82. The first-order chi connectivity index (χ1) is 12.1. The third-order valence-corrected chi connectivity index (χ3v) is 5.40. The van der Waals surface area contributed by atoms with Crippen LogP contribution in [0.3, 0.4) is 0 Å². The van der Waals surface area contributed by atoms with Crippen LogP contribution in [-0.4, -0.2) is 43.7 Å². The summed E-state index contributed by atoms with van der Waals surface area (Å²) in [7, 11) is 1.65. The molecule has 2 saturated heterocycles. The second-order valence-electron chi connectivity index (χ2n) is 6.88. The van der Waals surface area contributed by atoms with Crippen LogP contribution < -0.4 is 10.5 Å². The van der Waals surface area contributed by atoms with Crippen molar-refractivity contribution in [3.05, 3.63) is 29.3 Å². The van der Waals surface area contributed by atoms with Crippen LogP contribution >= 0.6 is 0 Å². The van der Waals surface area contributed by atoms with Crippen molar-refractivity contribution in [3.8, 4) is 11.8 Å². The average Bonchev–Trinajstić information content (AvgIpc) is 3.12. The molecule has 2 fully saturated rings. The minimum atomic E-state index is -0.233. The number of nitrogens with two attached hydrogens (primary N) is 1. The lowest BCUT2D eigenvalue weighted by atomic mass is 9.84. The zero-order valence-corrected chi connectivity index (χ0v) is 14.6. The number of hydrogen-bond acceptors (Lipinski definition) is 5. The summed E-state index contributed by atoms with van der Waals surface area (Å²) in [5.74, 6) is 0.838. The van der Waals surface area contributed by atoms with Crippen LogP contribution in [0, 0.1) is 23.2 Å². The first kappa shape index (κ1) is 17.7. The Morgan fingerprint density at radius 2 is 2.16 bits per heavy atom. The number of primary amides is 1. The number of hydrogen-bond donors (Lipinski definition) is 1. The smallest absolute Gasteiger partial charge is 0.223 e. The van der Waals surface area contributed by atoms with E-state index >= 15 is 0 Å². The van der Waals surface area contributed by atoms with Gasteiger partial charge in [-0.05, 0) is 56.5 Å². The number of nitriles is 1. The van der Waals surface area contributed by atoms with E-state index in [1.54, 1.807) is 13.2 Å². The van der Waals surface area contributed by atoms with Crippen LogP contribution in [0.4, 0.5) is 0 Å². The highest BCUT2D eigenvalue weighted by Crippen LogP contribution is 2.33. The predicted molar refractivity (Wildman–Crippen MR) is 92.8 cm³/mol. The lowest BCUT2D eigenvalue weighted by molar-refractivity contribution is -0.124. The SMILES string of the molecule is COc1ccc(C#N)cc1CN1CCC([C@H]2OCC[C@@H]2C(N)=O)CC1. The summed E-state index contributed by atoms with van der Waals surface area (Å²) in [6.07, 6.45) is 2.72. The van der Waals surface area contributed by atoms with E-state index in [0.717, 1.165) is 50.2 Å². The number of methoxy groups -OCH3 is 1. The summed E-state index contributed by atoms with van der Waals surface area (Å²) in [5, 5.41) is 9.10. The molecule has 0 aromatic heterocycles. The molecule has 1 amide bonds. The highest BCUT2D eigenvalue weighted by atomic mass is 16.5. The van der Waals surface area contributed by atoms with Crippen molar-refractivity contribution in [2.45, 2.75) is 31.9 Å². The molecular weight excluding hydrogens is 318 g/mol. The summed E-state index contributed by atoms with van der Waals surface area (Å²) >= 11 is 0. The molecule has 6 heteroatoms. The van der Waals surface area contributed by atoms with Gasteiger partial charge in [-0.25, -0.2) is 0 Å². The Kier molecular flexibility index (Phi) is 5.57. The number of likely N-dealkylation sites (tertiary alicyclic amines) is 1. The Labute approximate surface area is 148 Å². The van der Waals surface area contributed by atoms with Crippen molar-refractivity contribution in [2.24, 2.45) is 17.6 Å². The summed E-state index contributed by atoms with van der Waals surface area (Å²) < 4.78 is 11.2. The van der Waals surface area contributed by atoms with Crippen molar-refractivity contribution in [2.75, 3.05) is 26.8 Å². The van der Waals surface area contributed by atoms with Gasteiger partial charge in [-0.3, -0.25) is 9.69 Å². The maximum absolute atomic E-state index is 11.6. The second kappa shape index (κ2) is 7.85. The molecule has 1 aromatic rings. The van der Waals surface area contributed by atoms with Crippen LogP contribution in [-0.2, 0) is 16.1 Å². The molecular formula is C19H25N3O3. The van der Waals surface area contributed by atoms with Crippen molar-refractivity contribution >= 4 is 5.91 Å². The molecule has 0 radical (unpaired) electrons. The maximum Gasteiger partial charge on any atom is 0.223 e. The molecule has 0 saturated carbocycles. The van der Waals surface area contributed by atoms with E-state index in [1.165, 1.54) is 0 Å². The topological polar surface area (TPSA) is 88.6 Å². The van der Waals surface area contributed by atoms with Crippen molar-refractivity contribution in [1.82, 2.24) is 4.90 Å². The van der Waals surface area contributed by atoms with Gasteiger partial charge >= 0.3 is 0 Å². The third-order valence-electron chi connectivity index (χ3n) is 5.40. The number of carbonyl (C=O) groups excluding carboxylic acids is 1. The fourth-order valence-electron chi connectivity index (χ4n) is 4.03. The molecule has 3 rings (SSSR count). The number of benzene rings is 1. The molecule has 2 atom stereocenters. The molecule has 0 aliphatic carbocycles. The number of amides is 1. The van der Waals surface area contributed by atoms with E-state index in [-0.39, 0.29) is 17.9 Å². The minimum absolute atomic E-state index is 0.0175. The first-order valence-corrected chi connectivity index (χ1v) is 8.82. The summed E-state index contributed by atoms with van der Waals surface area (Å²) in [6, 6.07) is 7.70. The van der Waals surface area contributed by atoms with Gasteiger partial charge in [0.05, 0.1) is 30.8 Å². The van der Waals surface area contributed by atoms with Crippen LogP contribution in [0.2, 0.25) is 0 Å². The molecule has 0 unspecified atom stereocenters. The zero-order valence-electron chi connectivity index (χ0n) is 14.6. The lowest BCUT2D eigenvalue weighted by Crippen LogP contribution is -2.41. The fraction of sp³-hybridized carbons (Fsp3) is 0.579. The molecule has 1 aromatic carbocycles. The van der Waals surface area contributed by atoms with Crippen LogP contribution in [0.1, 0.15) is 30.4 Å². The maximum atomic E-state index is 11.6. The number of carbonyl (C=O) groups is 1. The van der Waals surface area contributed by atoms with Gasteiger partial charge in [0.15, 0.2) is 0 Å². The molecule has 0 bridgehead atoms.